The molecule has 164 valence electrons. The number of aromatic nitrogens is 1. The molecule has 2 atom stereocenters. The highest BCUT2D eigenvalue weighted by Gasteiger charge is 2.49. The summed E-state index contributed by atoms with van der Waals surface area (Å²) in [5.74, 6) is -0.259. The van der Waals surface area contributed by atoms with Gasteiger partial charge >= 0.3 is 0 Å². The van der Waals surface area contributed by atoms with E-state index in [1.807, 2.05) is 19.9 Å². The first-order valence-electron chi connectivity index (χ1n) is 10.2. The van der Waals surface area contributed by atoms with Crippen molar-refractivity contribution in [3.8, 4) is 0 Å². The Balaban J connectivity index is 1.93. The van der Waals surface area contributed by atoms with Crippen LogP contribution in [0.5, 0.6) is 0 Å². The van der Waals surface area contributed by atoms with Crippen LogP contribution in [0.15, 0.2) is 29.1 Å². The molecule has 5 nitrogen and oxygen atoms in total. The van der Waals surface area contributed by atoms with Crippen molar-refractivity contribution < 1.29 is 13.0 Å². The molecule has 0 saturated heterocycles. The van der Waals surface area contributed by atoms with Crippen LogP contribution in [0, 0.1) is 18.7 Å². The maximum atomic E-state index is 14.5. The van der Waals surface area contributed by atoms with Gasteiger partial charge < -0.3 is 10.0 Å². The largest absolute Gasteiger partial charge is 0.337 e. The van der Waals surface area contributed by atoms with Crippen molar-refractivity contribution in [2.45, 2.75) is 51.2 Å². The summed E-state index contributed by atoms with van der Waals surface area (Å²) in [6.07, 6.45) is 2.77. The van der Waals surface area contributed by atoms with E-state index in [1.54, 1.807) is 26.1 Å². The molecule has 1 aliphatic carbocycles. The molecule has 1 fully saturated rings. The zero-order valence-electron chi connectivity index (χ0n) is 17.9. The monoisotopic (exact) mass is 437 g/mol. The topological polar surface area (TPSA) is 63.1 Å². The van der Waals surface area contributed by atoms with Crippen LogP contribution in [-0.4, -0.2) is 20.2 Å². The second-order valence-electron chi connectivity index (χ2n) is 8.26. The molecular formula is C22H29F2N3O2S. The summed E-state index contributed by atoms with van der Waals surface area (Å²) in [6, 6.07) is 6.53. The number of benzene rings is 1. The van der Waals surface area contributed by atoms with Crippen molar-refractivity contribution >= 4 is 28.2 Å². The zero-order chi connectivity index (χ0) is 22.1. The minimum absolute atomic E-state index is 0.163. The number of pyridine rings is 1. The van der Waals surface area contributed by atoms with Gasteiger partial charge in [0.1, 0.15) is 22.6 Å². The molecule has 1 aromatic carbocycles. The minimum atomic E-state index is -1.46. The van der Waals surface area contributed by atoms with Gasteiger partial charge in [0.25, 0.3) is 5.56 Å². The van der Waals surface area contributed by atoms with Gasteiger partial charge in [-0.3, -0.25) is 13.8 Å². The molecule has 0 aliphatic heterocycles. The van der Waals surface area contributed by atoms with E-state index in [0.717, 1.165) is 18.4 Å². The third-order valence-corrected chi connectivity index (χ3v) is 7.44. The summed E-state index contributed by atoms with van der Waals surface area (Å²) in [7, 11) is 0.125. The van der Waals surface area contributed by atoms with Gasteiger partial charge in [-0.05, 0) is 62.3 Å². The fraction of sp³-hybridized carbons (Fsp3) is 0.500. The van der Waals surface area contributed by atoms with Crippen LogP contribution >= 0.6 is 0 Å². The van der Waals surface area contributed by atoms with E-state index in [4.69, 9.17) is 0 Å². The quantitative estimate of drug-likeness (QED) is 0.596. The molecule has 1 saturated carbocycles. The first-order valence-corrected chi connectivity index (χ1v) is 11.4. The minimum Gasteiger partial charge on any atom is -0.337 e. The lowest BCUT2D eigenvalue weighted by Gasteiger charge is -2.22. The number of hydrogen-bond donors (Lipinski definition) is 2. The molecule has 0 radical (unpaired) electrons. The lowest BCUT2D eigenvalue weighted by Crippen LogP contribution is -2.28. The van der Waals surface area contributed by atoms with E-state index in [9.17, 15) is 17.8 Å². The lowest BCUT2D eigenvalue weighted by atomic mass is 10.1. The number of rotatable bonds is 9. The number of alkyl halides is 1. The SMILES string of the molecule is CCc1ccc(Nc2c(NS(=O)C3(CC(C)CF)CC3)cc(C)c(=O)n2C)c(F)c1. The van der Waals surface area contributed by atoms with E-state index in [-0.39, 0.29) is 17.2 Å². The molecule has 3 rings (SSSR count). The Morgan fingerprint density at radius 2 is 1.97 bits per heavy atom. The highest BCUT2D eigenvalue weighted by Crippen LogP contribution is 2.47. The first kappa shape index (κ1) is 22.5. The van der Waals surface area contributed by atoms with Crippen molar-refractivity contribution in [1.29, 1.82) is 0 Å². The third-order valence-electron chi connectivity index (χ3n) is 5.68. The van der Waals surface area contributed by atoms with E-state index in [1.165, 1.54) is 10.6 Å². The summed E-state index contributed by atoms with van der Waals surface area (Å²) in [4.78, 5) is 12.5. The molecule has 30 heavy (non-hydrogen) atoms. The molecule has 0 spiro atoms. The predicted molar refractivity (Wildman–Crippen MR) is 119 cm³/mol. The van der Waals surface area contributed by atoms with Gasteiger partial charge in [0, 0.05) is 12.6 Å². The van der Waals surface area contributed by atoms with Crippen molar-refractivity contribution in [2.75, 3.05) is 16.7 Å². The first-order chi connectivity index (χ1) is 14.2. The van der Waals surface area contributed by atoms with Crippen LogP contribution in [0.1, 0.15) is 44.2 Å². The molecule has 1 heterocycles. The van der Waals surface area contributed by atoms with E-state index in [0.29, 0.717) is 29.9 Å². The zero-order valence-corrected chi connectivity index (χ0v) is 18.7. The Kier molecular flexibility index (Phi) is 6.65. The summed E-state index contributed by atoms with van der Waals surface area (Å²) in [5.41, 5.74) is 1.80. The van der Waals surface area contributed by atoms with Crippen molar-refractivity contribution in [2.24, 2.45) is 13.0 Å². The van der Waals surface area contributed by atoms with Crippen molar-refractivity contribution in [1.82, 2.24) is 4.57 Å². The van der Waals surface area contributed by atoms with Crippen LogP contribution in [0.25, 0.3) is 0 Å². The van der Waals surface area contributed by atoms with Crippen LogP contribution in [0.4, 0.5) is 26.0 Å². The fourth-order valence-electron chi connectivity index (χ4n) is 3.63. The van der Waals surface area contributed by atoms with Gasteiger partial charge in [-0.25, -0.2) is 8.60 Å². The standard InChI is InChI=1S/C22H29F2N3O2S/c1-5-16-6-7-18(17(24)11-16)25-20-19(10-15(3)21(28)27(20)4)26-30(29)22(8-9-22)12-14(2)13-23/h6-7,10-11,14,25-26H,5,8-9,12-13H2,1-4H3. The van der Waals surface area contributed by atoms with Crippen LogP contribution < -0.4 is 15.6 Å². The Bertz CT molecular complexity index is 1020. The highest BCUT2D eigenvalue weighted by molar-refractivity contribution is 7.88. The van der Waals surface area contributed by atoms with Gasteiger partial charge in [-0.1, -0.05) is 19.9 Å². The molecular weight excluding hydrogens is 408 g/mol. The fourth-order valence-corrected chi connectivity index (χ4v) is 5.11. The average molecular weight is 438 g/mol. The van der Waals surface area contributed by atoms with Crippen molar-refractivity contribution in [3.05, 3.63) is 51.6 Å². The third kappa shape index (κ3) is 4.58. The van der Waals surface area contributed by atoms with Crippen LogP contribution in [0.2, 0.25) is 0 Å². The average Bonchev–Trinajstić information content (AvgIpc) is 3.50. The van der Waals surface area contributed by atoms with E-state index >= 15 is 0 Å². The Morgan fingerprint density at radius 1 is 1.27 bits per heavy atom. The van der Waals surface area contributed by atoms with Crippen molar-refractivity contribution in [3.63, 3.8) is 0 Å². The summed E-state index contributed by atoms with van der Waals surface area (Å²) >= 11 is 0. The Morgan fingerprint density at radius 3 is 2.53 bits per heavy atom. The van der Waals surface area contributed by atoms with Gasteiger partial charge in [0.2, 0.25) is 0 Å². The molecule has 2 aromatic rings. The highest BCUT2D eigenvalue weighted by atomic mass is 32.2. The predicted octanol–water partition coefficient (Wildman–Crippen LogP) is 4.74. The Labute approximate surface area is 178 Å². The number of aryl methyl sites for hydroxylation is 2. The summed E-state index contributed by atoms with van der Waals surface area (Å²) in [6.45, 7) is 4.98. The normalized spacial score (nSPS) is 16.7. The van der Waals surface area contributed by atoms with E-state index in [2.05, 4.69) is 10.0 Å². The van der Waals surface area contributed by atoms with Crippen LogP contribution in [0.3, 0.4) is 0 Å². The van der Waals surface area contributed by atoms with Gasteiger partial charge in [-0.2, -0.15) is 0 Å². The molecule has 1 aliphatic rings. The molecule has 2 N–H and O–H groups in total. The number of nitrogens with zero attached hydrogens (tertiary/aromatic N) is 1. The number of hydrogen-bond acceptors (Lipinski definition) is 3. The summed E-state index contributed by atoms with van der Waals surface area (Å²) < 4.78 is 44.6. The molecule has 1 aromatic heterocycles. The maximum Gasteiger partial charge on any atom is 0.254 e. The lowest BCUT2D eigenvalue weighted by molar-refractivity contribution is 0.359. The summed E-state index contributed by atoms with van der Waals surface area (Å²) in [5, 5.41) is 2.99. The van der Waals surface area contributed by atoms with Crippen LogP contribution in [-0.2, 0) is 24.5 Å². The molecule has 8 heteroatoms. The maximum absolute atomic E-state index is 14.5. The van der Waals surface area contributed by atoms with Gasteiger partial charge in [-0.15, -0.1) is 0 Å². The Hall–Kier alpha value is -2.22. The number of anilines is 3. The van der Waals surface area contributed by atoms with E-state index < -0.39 is 28.2 Å². The molecule has 2 unspecified atom stereocenters. The molecule has 0 bridgehead atoms. The molecule has 0 amide bonds. The van der Waals surface area contributed by atoms with Gasteiger partial charge in [0.05, 0.1) is 22.8 Å². The second kappa shape index (κ2) is 8.88. The number of halogens is 2. The number of nitrogens with one attached hydrogen (secondary N) is 2. The second-order valence-corrected chi connectivity index (χ2v) is 9.87. The van der Waals surface area contributed by atoms with Gasteiger partial charge in [0.15, 0.2) is 0 Å². The smallest absolute Gasteiger partial charge is 0.254 e.